The van der Waals surface area contributed by atoms with Gasteiger partial charge in [-0.05, 0) is 75.2 Å². The van der Waals surface area contributed by atoms with Crippen molar-refractivity contribution in [1.82, 2.24) is 20.1 Å². The monoisotopic (exact) mass is 491 g/mol. The van der Waals surface area contributed by atoms with Crippen molar-refractivity contribution in [3.05, 3.63) is 60.0 Å². The second kappa shape index (κ2) is 10.9. The van der Waals surface area contributed by atoms with Crippen molar-refractivity contribution >= 4 is 11.8 Å². The van der Waals surface area contributed by atoms with Gasteiger partial charge in [-0.25, -0.2) is 4.79 Å². The number of piperazine rings is 1. The molecule has 0 atom stereocenters. The third kappa shape index (κ3) is 6.69. The molecule has 1 aliphatic heterocycles. The number of ether oxygens (including phenoxy) is 2. The van der Waals surface area contributed by atoms with E-state index in [0.717, 1.165) is 61.0 Å². The minimum Gasteiger partial charge on any atom is -0.506 e. The summed E-state index contributed by atoms with van der Waals surface area (Å²) in [5.74, 6) is 1.21. The zero-order chi connectivity index (χ0) is 25.7. The van der Waals surface area contributed by atoms with E-state index in [4.69, 9.17) is 9.47 Å². The van der Waals surface area contributed by atoms with Gasteiger partial charge in [-0.1, -0.05) is 0 Å². The summed E-state index contributed by atoms with van der Waals surface area (Å²) in [6.07, 6.45) is 3.16. The molecular formula is C27H33N5O4. The van der Waals surface area contributed by atoms with Crippen molar-refractivity contribution in [2.24, 2.45) is 0 Å². The van der Waals surface area contributed by atoms with Gasteiger partial charge in [-0.3, -0.25) is 9.88 Å². The molecular weight excluding hydrogens is 458 g/mol. The lowest BCUT2D eigenvalue weighted by Gasteiger charge is -2.35. The molecule has 1 N–H and O–H groups in total. The van der Waals surface area contributed by atoms with E-state index in [2.05, 4.69) is 37.1 Å². The summed E-state index contributed by atoms with van der Waals surface area (Å²) < 4.78 is 11.2. The van der Waals surface area contributed by atoms with Gasteiger partial charge >= 0.3 is 5.97 Å². The fourth-order valence-corrected chi connectivity index (χ4v) is 4.08. The van der Waals surface area contributed by atoms with Crippen molar-refractivity contribution < 1.29 is 19.4 Å². The molecule has 1 fully saturated rings. The van der Waals surface area contributed by atoms with E-state index >= 15 is 0 Å². The van der Waals surface area contributed by atoms with Crippen LogP contribution in [-0.4, -0.2) is 69.5 Å². The third-order valence-corrected chi connectivity index (χ3v) is 5.70. The van der Waals surface area contributed by atoms with E-state index in [9.17, 15) is 9.90 Å². The van der Waals surface area contributed by atoms with Gasteiger partial charge in [-0.2, -0.15) is 0 Å². The first kappa shape index (κ1) is 25.4. The zero-order valence-corrected chi connectivity index (χ0v) is 21.3. The molecule has 0 spiro atoms. The number of anilines is 1. The number of pyridine rings is 1. The molecule has 4 rings (SSSR count). The first-order valence-electron chi connectivity index (χ1n) is 12.2. The molecule has 0 radical (unpaired) electrons. The maximum Gasteiger partial charge on any atom is 0.359 e. The summed E-state index contributed by atoms with van der Waals surface area (Å²) in [6.45, 7) is 12.1. The van der Waals surface area contributed by atoms with Crippen molar-refractivity contribution in [2.75, 3.05) is 37.7 Å². The predicted molar refractivity (Wildman–Crippen MR) is 137 cm³/mol. The third-order valence-electron chi connectivity index (χ3n) is 5.70. The topological polar surface area (TPSA) is 101 Å². The Morgan fingerprint density at radius 3 is 2.42 bits per heavy atom. The Morgan fingerprint density at radius 1 is 1.00 bits per heavy atom. The van der Waals surface area contributed by atoms with Crippen molar-refractivity contribution in [3.63, 3.8) is 0 Å². The molecule has 0 bridgehead atoms. The van der Waals surface area contributed by atoms with E-state index < -0.39 is 11.6 Å². The average Bonchev–Trinajstić information content (AvgIpc) is 2.84. The molecule has 0 unspecified atom stereocenters. The summed E-state index contributed by atoms with van der Waals surface area (Å²) in [5, 5.41) is 18.2. The van der Waals surface area contributed by atoms with E-state index in [0.29, 0.717) is 6.61 Å². The maximum absolute atomic E-state index is 12.2. The van der Waals surface area contributed by atoms with Gasteiger partial charge in [0.1, 0.15) is 17.1 Å². The van der Waals surface area contributed by atoms with Gasteiger partial charge in [0.15, 0.2) is 11.5 Å². The molecule has 3 aromatic rings. The Bertz CT molecular complexity index is 1190. The van der Waals surface area contributed by atoms with Crippen LogP contribution in [0.15, 0.2) is 48.8 Å². The summed E-state index contributed by atoms with van der Waals surface area (Å²) in [4.78, 5) is 20.8. The van der Waals surface area contributed by atoms with Crippen molar-refractivity contribution in [1.29, 1.82) is 0 Å². The maximum atomic E-state index is 12.2. The van der Waals surface area contributed by atoms with E-state index in [-0.39, 0.29) is 11.4 Å². The Morgan fingerprint density at radius 2 is 1.78 bits per heavy atom. The second-order valence-electron chi connectivity index (χ2n) is 9.77. The molecule has 190 valence electrons. The standard InChI is InChI=1S/C27H33N5O4/c1-5-35-23-13-19(12-20(15-23)21-14-22(33)17-28-16-21)18-31-8-10-32(11-9-31)25-7-6-24(29-30-25)26(34)36-27(2,3)4/h6-7,12-17,33H,5,8-11,18H2,1-4H3. The second-order valence-corrected chi connectivity index (χ2v) is 9.77. The lowest BCUT2D eigenvalue weighted by molar-refractivity contribution is 0.00616. The molecule has 1 aliphatic rings. The Balaban J connectivity index is 1.39. The number of aromatic nitrogens is 3. The number of hydrogen-bond acceptors (Lipinski definition) is 9. The van der Waals surface area contributed by atoms with Gasteiger partial charge in [0.2, 0.25) is 0 Å². The van der Waals surface area contributed by atoms with Crippen LogP contribution >= 0.6 is 0 Å². The lowest BCUT2D eigenvalue weighted by Crippen LogP contribution is -2.46. The molecule has 3 heterocycles. The Labute approximate surface area is 211 Å². The SMILES string of the molecule is CCOc1cc(CN2CCN(c3ccc(C(=O)OC(C)(C)C)nn3)CC2)cc(-c2cncc(O)c2)c1. The summed E-state index contributed by atoms with van der Waals surface area (Å²) in [7, 11) is 0. The van der Waals surface area contributed by atoms with Gasteiger partial charge in [0.05, 0.1) is 12.8 Å². The zero-order valence-electron chi connectivity index (χ0n) is 21.3. The highest BCUT2D eigenvalue weighted by atomic mass is 16.6. The van der Waals surface area contributed by atoms with Gasteiger partial charge < -0.3 is 19.5 Å². The lowest BCUT2D eigenvalue weighted by atomic mass is 10.0. The minimum atomic E-state index is -0.573. The molecule has 9 heteroatoms. The summed E-state index contributed by atoms with van der Waals surface area (Å²) in [5.41, 5.74) is 2.57. The van der Waals surface area contributed by atoms with Gasteiger partial charge in [0.25, 0.3) is 0 Å². The first-order chi connectivity index (χ1) is 17.2. The molecule has 0 aliphatic carbocycles. The predicted octanol–water partition coefficient (Wildman–Crippen LogP) is 3.92. The van der Waals surface area contributed by atoms with Crippen LogP contribution in [0.3, 0.4) is 0 Å². The summed E-state index contributed by atoms with van der Waals surface area (Å²) in [6, 6.07) is 11.3. The van der Waals surface area contributed by atoms with E-state index in [1.807, 2.05) is 39.8 Å². The highest BCUT2D eigenvalue weighted by Crippen LogP contribution is 2.28. The van der Waals surface area contributed by atoms with Crippen LogP contribution in [-0.2, 0) is 11.3 Å². The summed E-state index contributed by atoms with van der Waals surface area (Å²) >= 11 is 0. The van der Waals surface area contributed by atoms with Crippen LogP contribution < -0.4 is 9.64 Å². The quantitative estimate of drug-likeness (QED) is 0.493. The number of carbonyl (C=O) groups excluding carboxylic acids is 1. The van der Waals surface area contributed by atoms with Crippen LogP contribution in [0.5, 0.6) is 11.5 Å². The fraction of sp³-hybridized carbons (Fsp3) is 0.407. The van der Waals surface area contributed by atoms with Gasteiger partial charge in [0, 0.05) is 44.5 Å². The largest absolute Gasteiger partial charge is 0.506 e. The van der Waals surface area contributed by atoms with Crippen LogP contribution in [0.4, 0.5) is 5.82 Å². The smallest absolute Gasteiger partial charge is 0.359 e. The Kier molecular flexibility index (Phi) is 7.69. The van der Waals surface area contributed by atoms with Crippen molar-refractivity contribution in [2.45, 2.75) is 39.8 Å². The van der Waals surface area contributed by atoms with Crippen molar-refractivity contribution in [3.8, 4) is 22.6 Å². The van der Waals surface area contributed by atoms with Crippen LogP contribution in [0.1, 0.15) is 43.7 Å². The number of carbonyl (C=O) groups is 1. The molecule has 1 saturated heterocycles. The van der Waals surface area contributed by atoms with Crippen LogP contribution in [0.25, 0.3) is 11.1 Å². The highest BCUT2D eigenvalue weighted by molar-refractivity contribution is 5.87. The Hall–Kier alpha value is -3.72. The number of benzene rings is 1. The number of rotatable bonds is 7. The van der Waals surface area contributed by atoms with Gasteiger partial charge in [-0.15, -0.1) is 10.2 Å². The number of hydrogen-bond donors (Lipinski definition) is 1. The fourth-order valence-electron chi connectivity index (χ4n) is 4.08. The molecule has 36 heavy (non-hydrogen) atoms. The molecule has 9 nitrogen and oxygen atoms in total. The van der Waals surface area contributed by atoms with Crippen LogP contribution in [0, 0.1) is 0 Å². The van der Waals surface area contributed by atoms with Crippen LogP contribution in [0.2, 0.25) is 0 Å². The molecule has 1 aromatic carbocycles. The molecule has 0 saturated carbocycles. The highest BCUT2D eigenvalue weighted by Gasteiger charge is 2.22. The number of aromatic hydroxyl groups is 1. The molecule has 0 amide bonds. The molecule has 2 aromatic heterocycles. The van der Waals surface area contributed by atoms with E-state index in [1.54, 1.807) is 18.3 Å². The minimum absolute atomic E-state index is 0.134. The van der Waals surface area contributed by atoms with E-state index in [1.165, 1.54) is 6.20 Å². The first-order valence-corrected chi connectivity index (χ1v) is 12.2. The normalized spacial score (nSPS) is 14.5. The number of nitrogens with zero attached hydrogens (tertiary/aromatic N) is 5. The average molecular weight is 492 g/mol. The number of esters is 1.